The lowest BCUT2D eigenvalue weighted by molar-refractivity contribution is 0.0575. The zero-order valence-electron chi connectivity index (χ0n) is 31.6. The fraction of sp³-hybridized carbons (Fsp3) is 0.514. The number of rotatable bonds is 11. The Morgan fingerprint density at radius 2 is 1.80 bits per heavy atom. The number of nitriles is 1. The number of benzene rings is 2. The summed E-state index contributed by atoms with van der Waals surface area (Å²) in [4.78, 5) is 24.4. The zero-order valence-corrected chi connectivity index (χ0v) is 33.4. The number of nitrogens with one attached hydrogen (secondary N) is 1. The fourth-order valence-corrected chi connectivity index (χ4v) is 7.26. The number of carbonyl (C=O) groups is 1. The van der Waals surface area contributed by atoms with Crippen LogP contribution in [0.3, 0.4) is 0 Å². The van der Waals surface area contributed by atoms with Gasteiger partial charge in [-0.05, 0) is 94.2 Å². The first-order chi connectivity index (χ1) is 23.1. The number of nitrogens with zero attached hydrogens (tertiary/aromatic N) is 4. The maximum atomic E-state index is 13.6. The average molecular weight is 722 g/mol. The number of fused-ring (bicyclic) bond motifs is 1. The van der Waals surface area contributed by atoms with Crippen molar-refractivity contribution in [2.75, 3.05) is 57.0 Å². The SMILES string of the molecule is COCCOc1cc(P(C)(C)=O)ccc1Nc1nccc(-c2cc(C#N)c3c(c2)[C@@](C)(CO[Si](C)(C)C(C)(C)C)CN3C(=O)OC(C)(C)C)n1. The lowest BCUT2D eigenvalue weighted by atomic mass is 9.83. The van der Waals surface area contributed by atoms with Gasteiger partial charge in [0.05, 0.1) is 29.2 Å². The third kappa shape index (κ3) is 8.93. The van der Waals surface area contributed by atoms with Crippen LogP contribution < -0.4 is 20.3 Å². The Bertz CT molecular complexity index is 1820. The molecule has 2 heterocycles. The highest BCUT2D eigenvalue weighted by molar-refractivity contribution is 7.70. The molecule has 1 N–H and O–H groups in total. The Kier molecular flexibility index (Phi) is 11.3. The van der Waals surface area contributed by atoms with Gasteiger partial charge >= 0.3 is 6.09 Å². The van der Waals surface area contributed by atoms with Gasteiger partial charge in [0, 0.05) is 42.7 Å². The van der Waals surface area contributed by atoms with E-state index in [2.05, 4.69) is 57.2 Å². The predicted molar refractivity (Wildman–Crippen MR) is 202 cm³/mol. The van der Waals surface area contributed by atoms with Crippen molar-refractivity contribution in [3.05, 3.63) is 53.7 Å². The van der Waals surface area contributed by atoms with Crippen molar-refractivity contribution in [2.24, 2.45) is 0 Å². The van der Waals surface area contributed by atoms with Crippen molar-refractivity contribution in [2.45, 2.75) is 77.6 Å². The van der Waals surface area contributed by atoms with Crippen LogP contribution in [0.1, 0.15) is 59.6 Å². The van der Waals surface area contributed by atoms with E-state index in [4.69, 9.17) is 23.6 Å². The number of hydrogen-bond donors (Lipinski definition) is 1. The van der Waals surface area contributed by atoms with Gasteiger partial charge in [-0.2, -0.15) is 5.26 Å². The maximum absolute atomic E-state index is 13.6. The van der Waals surface area contributed by atoms with E-state index in [0.29, 0.717) is 71.6 Å². The molecule has 2 aromatic carbocycles. The third-order valence-electron chi connectivity index (χ3n) is 9.16. The molecule has 0 unspecified atom stereocenters. The summed E-state index contributed by atoms with van der Waals surface area (Å²) >= 11 is 0. The summed E-state index contributed by atoms with van der Waals surface area (Å²) in [6, 6.07) is 13.2. The van der Waals surface area contributed by atoms with Crippen LogP contribution in [0.5, 0.6) is 5.75 Å². The molecule has 1 atom stereocenters. The van der Waals surface area contributed by atoms with Crippen LogP contribution in [0.15, 0.2) is 42.6 Å². The molecule has 1 amide bonds. The topological polar surface area (TPSA) is 136 Å². The van der Waals surface area contributed by atoms with Crippen LogP contribution in [-0.4, -0.2) is 76.8 Å². The Hall–Kier alpha value is -3.75. The van der Waals surface area contributed by atoms with Crippen LogP contribution in [0.25, 0.3) is 11.3 Å². The van der Waals surface area contributed by atoms with Gasteiger partial charge in [-0.3, -0.25) is 4.90 Å². The van der Waals surface area contributed by atoms with Gasteiger partial charge in [0.25, 0.3) is 0 Å². The second kappa shape index (κ2) is 14.5. The summed E-state index contributed by atoms with van der Waals surface area (Å²) in [7, 11) is -3.11. The van der Waals surface area contributed by atoms with Gasteiger partial charge in [-0.25, -0.2) is 14.8 Å². The molecule has 1 aliphatic rings. The summed E-state index contributed by atoms with van der Waals surface area (Å²) in [5.41, 5.74) is 2.21. The van der Waals surface area contributed by atoms with Crippen molar-refractivity contribution in [3.63, 3.8) is 0 Å². The molecule has 3 aromatic rings. The van der Waals surface area contributed by atoms with E-state index in [9.17, 15) is 14.6 Å². The van der Waals surface area contributed by atoms with Crippen molar-refractivity contribution in [1.82, 2.24) is 9.97 Å². The van der Waals surface area contributed by atoms with E-state index >= 15 is 0 Å². The molecule has 11 nitrogen and oxygen atoms in total. The Labute approximate surface area is 298 Å². The van der Waals surface area contributed by atoms with Crippen molar-refractivity contribution < 1.29 is 28.0 Å². The lowest BCUT2D eigenvalue weighted by Crippen LogP contribution is -2.46. The van der Waals surface area contributed by atoms with E-state index in [-0.39, 0.29) is 5.04 Å². The third-order valence-corrected chi connectivity index (χ3v) is 15.2. The molecular formula is C37H52N5O6PSi. The smallest absolute Gasteiger partial charge is 0.414 e. The second-order valence-corrected chi connectivity index (χ2v) is 24.0. The number of methoxy groups -OCH3 is 1. The van der Waals surface area contributed by atoms with Gasteiger partial charge in [-0.15, -0.1) is 0 Å². The van der Waals surface area contributed by atoms with Gasteiger partial charge in [-0.1, -0.05) is 27.7 Å². The van der Waals surface area contributed by atoms with Crippen LogP contribution in [-0.2, 0) is 23.9 Å². The molecule has 0 radical (unpaired) electrons. The second-order valence-electron chi connectivity index (χ2n) is 16.0. The molecule has 0 spiro atoms. The number of ether oxygens (including phenoxy) is 3. The van der Waals surface area contributed by atoms with Crippen LogP contribution in [0.4, 0.5) is 22.1 Å². The van der Waals surface area contributed by atoms with E-state index < -0.39 is 32.6 Å². The van der Waals surface area contributed by atoms with Crippen molar-refractivity contribution in [3.8, 4) is 23.1 Å². The Morgan fingerprint density at radius 1 is 1.10 bits per heavy atom. The molecule has 0 aliphatic carbocycles. The molecule has 270 valence electrons. The normalized spacial score (nSPS) is 16.5. The van der Waals surface area contributed by atoms with Crippen molar-refractivity contribution >= 4 is 44.2 Å². The van der Waals surface area contributed by atoms with Crippen LogP contribution in [0.2, 0.25) is 18.1 Å². The largest absolute Gasteiger partial charge is 0.489 e. The van der Waals surface area contributed by atoms with E-state index in [1.165, 1.54) is 0 Å². The maximum Gasteiger partial charge on any atom is 0.414 e. The van der Waals surface area contributed by atoms with E-state index in [1.54, 1.807) is 61.9 Å². The molecule has 0 fully saturated rings. The summed E-state index contributed by atoms with van der Waals surface area (Å²) < 4.78 is 36.5. The van der Waals surface area contributed by atoms with Crippen LogP contribution in [0, 0.1) is 11.3 Å². The van der Waals surface area contributed by atoms with Gasteiger partial charge in [0.15, 0.2) is 8.32 Å². The minimum Gasteiger partial charge on any atom is -0.489 e. The average Bonchev–Trinajstić information content (AvgIpc) is 3.31. The zero-order chi connectivity index (χ0) is 37.3. The fourth-order valence-electron chi connectivity index (χ4n) is 5.29. The molecule has 1 aromatic heterocycles. The standard InChI is InChI=1S/C37H52N5O6PSi/c1-35(2,3)48-34(43)42-23-37(7,24-47-50(11,12)36(4,5)6)28-20-25(19-26(22-38)32(28)42)29-15-16-39-33(40-29)41-30-14-13-27(49(9,10)44)21-31(30)46-18-17-45-8/h13-16,19-21H,17-18,23-24H2,1-12H3,(H,39,40,41)/t37-/m1/s1. The summed E-state index contributed by atoms with van der Waals surface area (Å²) in [6.07, 6.45) is 1.13. The van der Waals surface area contributed by atoms with Gasteiger partial charge in [0.2, 0.25) is 5.95 Å². The monoisotopic (exact) mass is 721 g/mol. The predicted octanol–water partition coefficient (Wildman–Crippen LogP) is 8.07. The summed E-state index contributed by atoms with van der Waals surface area (Å²) in [6.45, 7) is 23.3. The van der Waals surface area contributed by atoms with Crippen LogP contribution >= 0.6 is 7.14 Å². The van der Waals surface area contributed by atoms with E-state index in [0.717, 1.165) is 5.56 Å². The van der Waals surface area contributed by atoms with Gasteiger partial charge < -0.3 is 28.5 Å². The number of carbonyl (C=O) groups excluding carboxylic acids is 1. The molecule has 4 rings (SSSR count). The highest BCUT2D eigenvalue weighted by Crippen LogP contribution is 2.47. The molecule has 0 saturated carbocycles. The minimum atomic E-state index is -2.54. The van der Waals surface area contributed by atoms with Crippen molar-refractivity contribution in [1.29, 1.82) is 5.26 Å². The summed E-state index contributed by atoms with van der Waals surface area (Å²) in [5.74, 6) is 0.808. The number of amides is 1. The first-order valence-electron chi connectivity index (χ1n) is 16.7. The number of hydrogen-bond acceptors (Lipinski definition) is 10. The summed E-state index contributed by atoms with van der Waals surface area (Å²) in [5, 5.41) is 14.4. The Morgan fingerprint density at radius 3 is 2.40 bits per heavy atom. The minimum absolute atomic E-state index is 0.0125. The highest BCUT2D eigenvalue weighted by Gasteiger charge is 2.47. The quantitative estimate of drug-likeness (QED) is 0.118. The molecular weight excluding hydrogens is 669 g/mol. The Balaban J connectivity index is 1.78. The molecule has 0 bridgehead atoms. The first kappa shape index (κ1) is 39.0. The first-order valence-corrected chi connectivity index (χ1v) is 22.2. The highest BCUT2D eigenvalue weighted by atomic mass is 31.2. The molecule has 13 heteroatoms. The number of anilines is 3. The molecule has 1 aliphatic heterocycles. The molecule has 50 heavy (non-hydrogen) atoms. The molecule has 0 saturated heterocycles. The lowest BCUT2D eigenvalue weighted by Gasteiger charge is -2.39. The number of aromatic nitrogens is 2. The van der Waals surface area contributed by atoms with E-state index in [1.807, 2.05) is 26.8 Å². The van der Waals surface area contributed by atoms with Gasteiger partial charge in [0.1, 0.15) is 31.2 Å².